The van der Waals surface area contributed by atoms with Crippen molar-refractivity contribution in [2.75, 3.05) is 7.11 Å². The van der Waals surface area contributed by atoms with Crippen molar-refractivity contribution in [2.24, 2.45) is 0 Å². The van der Waals surface area contributed by atoms with E-state index in [2.05, 4.69) is 4.74 Å². The van der Waals surface area contributed by atoms with E-state index in [0.717, 1.165) is 12.1 Å². The largest absolute Gasteiger partial charge is 0.497 e. The van der Waals surface area contributed by atoms with Gasteiger partial charge in [-0.05, 0) is 0 Å². The molecule has 1 aromatic rings. The molecule has 13 heavy (non-hydrogen) atoms. The molecule has 0 unspecified atom stereocenters. The zero-order chi connectivity index (χ0) is 9.84. The highest BCUT2D eigenvalue weighted by Crippen LogP contribution is 2.19. The summed E-state index contributed by atoms with van der Waals surface area (Å²) in [5.74, 6) is -1.39. The Labute approximate surface area is 73.9 Å². The molecule has 0 heterocycles. The summed E-state index contributed by atoms with van der Waals surface area (Å²) < 4.78 is 30.7. The van der Waals surface area contributed by atoms with Crippen molar-refractivity contribution in [3.05, 3.63) is 29.3 Å². The van der Waals surface area contributed by atoms with Crippen LogP contribution < -0.4 is 10.2 Å². The highest BCUT2D eigenvalue weighted by molar-refractivity contribution is 5.30. The van der Waals surface area contributed by atoms with Crippen LogP contribution in [0.25, 0.3) is 0 Å². The van der Waals surface area contributed by atoms with E-state index < -0.39 is 11.6 Å². The second kappa shape index (κ2) is 4.15. The van der Waals surface area contributed by atoms with Gasteiger partial charge >= 0.3 is 0 Å². The molecule has 0 fully saturated rings. The summed E-state index contributed by atoms with van der Waals surface area (Å²) in [6, 6.07) is 2.10. The fourth-order valence-corrected chi connectivity index (χ4v) is 0.946. The fraction of sp³-hybridized carbons (Fsp3) is 0.250. The van der Waals surface area contributed by atoms with E-state index in [1.807, 2.05) is 0 Å². The summed E-state index contributed by atoms with van der Waals surface area (Å²) in [5, 5.41) is 8.28. The molecule has 72 valence electrons. The van der Waals surface area contributed by atoms with Crippen LogP contribution in [-0.4, -0.2) is 12.3 Å². The Morgan fingerprint density at radius 3 is 2.31 bits per heavy atom. The molecule has 2 N–H and O–H groups in total. The number of halogens is 2. The van der Waals surface area contributed by atoms with Crippen LogP contribution in [0.5, 0.6) is 5.75 Å². The van der Waals surface area contributed by atoms with Crippen molar-refractivity contribution in [2.45, 2.75) is 6.54 Å². The van der Waals surface area contributed by atoms with Gasteiger partial charge in [0.2, 0.25) is 0 Å². The number of benzene rings is 1. The number of hydrogen-bond acceptors (Lipinski definition) is 3. The molecule has 5 heteroatoms. The smallest absolute Gasteiger partial charge is 0.134 e. The van der Waals surface area contributed by atoms with Gasteiger partial charge in [0.05, 0.1) is 13.7 Å². The molecular weight excluding hydrogens is 180 g/mol. The van der Waals surface area contributed by atoms with Crippen LogP contribution in [0.1, 0.15) is 5.56 Å². The Balaban J connectivity index is 3.07. The highest BCUT2D eigenvalue weighted by atomic mass is 19.1. The fourth-order valence-electron chi connectivity index (χ4n) is 0.946. The second-order valence-corrected chi connectivity index (χ2v) is 2.40. The normalized spacial score (nSPS) is 10.2. The van der Waals surface area contributed by atoms with Gasteiger partial charge in [0, 0.05) is 17.7 Å². The number of nitrogens with one attached hydrogen (secondary N) is 1. The van der Waals surface area contributed by atoms with E-state index in [9.17, 15) is 8.78 Å². The summed E-state index contributed by atoms with van der Waals surface area (Å²) in [7, 11) is 1.32. The number of hydroxylamine groups is 1. The molecule has 1 rings (SSSR count). The molecule has 1 aromatic carbocycles. The Morgan fingerprint density at radius 2 is 1.92 bits per heavy atom. The molecule has 0 atom stereocenters. The van der Waals surface area contributed by atoms with E-state index in [0.29, 0.717) is 0 Å². The maximum absolute atomic E-state index is 13.0. The third-order valence-corrected chi connectivity index (χ3v) is 1.61. The van der Waals surface area contributed by atoms with Gasteiger partial charge in [-0.2, -0.15) is 0 Å². The minimum atomic E-state index is -0.751. The molecule has 0 radical (unpaired) electrons. The summed E-state index contributed by atoms with van der Waals surface area (Å²) in [6.07, 6.45) is 0. The molecule has 0 aliphatic carbocycles. The van der Waals surface area contributed by atoms with Crippen LogP contribution >= 0.6 is 0 Å². The summed E-state index contributed by atoms with van der Waals surface area (Å²) in [5.41, 5.74) is 1.46. The van der Waals surface area contributed by atoms with E-state index in [-0.39, 0.29) is 17.9 Å². The van der Waals surface area contributed by atoms with Crippen LogP contribution in [0, 0.1) is 11.6 Å². The van der Waals surface area contributed by atoms with Gasteiger partial charge in [0.25, 0.3) is 0 Å². The summed E-state index contributed by atoms with van der Waals surface area (Å²) >= 11 is 0. The average molecular weight is 189 g/mol. The molecule has 3 nitrogen and oxygen atoms in total. The lowest BCUT2D eigenvalue weighted by Crippen LogP contribution is -2.10. The molecule has 0 amide bonds. The van der Waals surface area contributed by atoms with Crippen molar-refractivity contribution in [3.8, 4) is 5.75 Å². The zero-order valence-electron chi connectivity index (χ0n) is 6.97. The monoisotopic (exact) mass is 189 g/mol. The van der Waals surface area contributed by atoms with Crippen LogP contribution in [0.2, 0.25) is 0 Å². The third kappa shape index (κ3) is 2.13. The van der Waals surface area contributed by atoms with E-state index in [1.165, 1.54) is 7.11 Å². The maximum Gasteiger partial charge on any atom is 0.134 e. The standard InChI is InChI=1S/C8H9F2NO2/c1-13-5-2-7(9)6(4-11-12)8(10)3-5/h2-3,11-12H,4H2,1H3. The Bertz CT molecular complexity index is 281. The van der Waals surface area contributed by atoms with Crippen molar-refractivity contribution in [3.63, 3.8) is 0 Å². The van der Waals surface area contributed by atoms with Gasteiger partial charge in [0.15, 0.2) is 0 Å². The number of ether oxygens (including phenoxy) is 1. The molecule has 0 aliphatic heterocycles. The van der Waals surface area contributed by atoms with Crippen molar-refractivity contribution >= 4 is 0 Å². The Morgan fingerprint density at radius 1 is 1.38 bits per heavy atom. The van der Waals surface area contributed by atoms with Gasteiger partial charge in [-0.1, -0.05) is 0 Å². The first-order chi connectivity index (χ1) is 6.19. The Kier molecular flexibility index (Phi) is 3.16. The van der Waals surface area contributed by atoms with E-state index in [1.54, 1.807) is 5.48 Å². The van der Waals surface area contributed by atoms with Gasteiger partial charge in [0.1, 0.15) is 17.4 Å². The topological polar surface area (TPSA) is 41.5 Å². The van der Waals surface area contributed by atoms with Crippen LogP contribution in [0.4, 0.5) is 8.78 Å². The molecule has 0 aliphatic rings. The lowest BCUT2D eigenvalue weighted by Gasteiger charge is -2.05. The number of rotatable bonds is 3. The predicted molar refractivity (Wildman–Crippen MR) is 41.5 cm³/mol. The molecule has 0 bridgehead atoms. The minimum Gasteiger partial charge on any atom is -0.497 e. The van der Waals surface area contributed by atoms with Gasteiger partial charge in [-0.25, -0.2) is 14.3 Å². The molecule has 0 saturated heterocycles. The van der Waals surface area contributed by atoms with Crippen LogP contribution in [-0.2, 0) is 6.54 Å². The number of hydrogen-bond donors (Lipinski definition) is 2. The SMILES string of the molecule is COc1cc(F)c(CNO)c(F)c1. The quantitative estimate of drug-likeness (QED) is 0.707. The lowest BCUT2D eigenvalue weighted by molar-refractivity contribution is 0.158. The van der Waals surface area contributed by atoms with Crippen LogP contribution in [0.3, 0.4) is 0 Å². The van der Waals surface area contributed by atoms with E-state index in [4.69, 9.17) is 5.21 Å². The van der Waals surface area contributed by atoms with Gasteiger partial charge in [-0.3, -0.25) is 0 Å². The summed E-state index contributed by atoms with van der Waals surface area (Å²) in [6.45, 7) is -0.276. The first kappa shape index (κ1) is 9.88. The second-order valence-electron chi connectivity index (χ2n) is 2.40. The van der Waals surface area contributed by atoms with E-state index >= 15 is 0 Å². The average Bonchev–Trinajstić information content (AvgIpc) is 2.11. The highest BCUT2D eigenvalue weighted by Gasteiger charge is 2.10. The van der Waals surface area contributed by atoms with Gasteiger partial charge < -0.3 is 9.94 Å². The van der Waals surface area contributed by atoms with Crippen LogP contribution in [0.15, 0.2) is 12.1 Å². The van der Waals surface area contributed by atoms with Crippen molar-refractivity contribution in [1.82, 2.24) is 5.48 Å². The molecular formula is C8H9F2NO2. The number of methoxy groups -OCH3 is 1. The molecule has 0 spiro atoms. The first-order valence-electron chi connectivity index (χ1n) is 3.58. The Hall–Kier alpha value is -1.20. The third-order valence-electron chi connectivity index (χ3n) is 1.61. The lowest BCUT2D eigenvalue weighted by atomic mass is 10.2. The van der Waals surface area contributed by atoms with Crippen molar-refractivity contribution < 1.29 is 18.7 Å². The molecule has 0 saturated carbocycles. The molecule has 0 aromatic heterocycles. The van der Waals surface area contributed by atoms with Crippen molar-refractivity contribution in [1.29, 1.82) is 0 Å². The van der Waals surface area contributed by atoms with Gasteiger partial charge in [-0.15, -0.1) is 0 Å². The zero-order valence-corrected chi connectivity index (χ0v) is 6.97. The first-order valence-corrected chi connectivity index (χ1v) is 3.58. The predicted octanol–water partition coefficient (Wildman–Crippen LogP) is 1.45. The minimum absolute atomic E-state index is 0.108. The summed E-state index contributed by atoms with van der Waals surface area (Å²) in [4.78, 5) is 0. The maximum atomic E-state index is 13.0.